The van der Waals surface area contributed by atoms with Crippen LogP contribution < -0.4 is 0 Å². The molecule has 0 spiro atoms. The zero-order valence-electron chi connectivity index (χ0n) is 5.68. The van der Waals surface area contributed by atoms with E-state index in [9.17, 15) is 0 Å². The quantitative estimate of drug-likeness (QED) is 0.653. The maximum Gasteiger partial charge on any atom is 0.0431 e. The fraction of sp³-hybridized carbons (Fsp3) is 1.00. The maximum absolute atomic E-state index is 8.52. The lowest BCUT2D eigenvalue weighted by Gasteiger charge is -2.04. The van der Waals surface area contributed by atoms with E-state index in [1.54, 1.807) is 0 Å². The first-order valence-corrected chi connectivity index (χ1v) is 4.71. The molecule has 1 saturated heterocycles. The molecule has 0 aliphatic carbocycles. The summed E-state index contributed by atoms with van der Waals surface area (Å²) in [7, 11) is 0. The van der Waals surface area contributed by atoms with Crippen LogP contribution in [0.25, 0.3) is 0 Å². The first-order chi connectivity index (χ1) is 4.43. The Bertz CT molecular complexity index is 69.3. The Morgan fingerprint density at radius 3 is 3.00 bits per heavy atom. The van der Waals surface area contributed by atoms with Gasteiger partial charge in [-0.05, 0) is 31.4 Å². The van der Waals surface area contributed by atoms with Gasteiger partial charge in [0.15, 0.2) is 0 Å². The minimum atomic E-state index is 0.372. The molecule has 1 aliphatic heterocycles. The lowest BCUT2D eigenvalue weighted by atomic mass is 10.2. The number of hydrogen-bond donors (Lipinski definition) is 1. The molecule has 0 saturated carbocycles. The van der Waals surface area contributed by atoms with Gasteiger partial charge >= 0.3 is 0 Å². The average Bonchev–Trinajstić information content (AvgIpc) is 2.34. The zero-order valence-corrected chi connectivity index (χ0v) is 6.49. The van der Waals surface area contributed by atoms with Gasteiger partial charge in [0, 0.05) is 11.9 Å². The van der Waals surface area contributed by atoms with Gasteiger partial charge in [0.25, 0.3) is 0 Å². The van der Waals surface area contributed by atoms with Crippen molar-refractivity contribution >= 4 is 11.8 Å². The second-order valence-corrected chi connectivity index (χ2v) is 3.91. The van der Waals surface area contributed by atoms with E-state index in [4.69, 9.17) is 5.11 Å². The van der Waals surface area contributed by atoms with Gasteiger partial charge in [0.1, 0.15) is 0 Å². The van der Waals surface area contributed by atoms with E-state index in [1.165, 1.54) is 25.0 Å². The summed E-state index contributed by atoms with van der Waals surface area (Å²) in [6.07, 6.45) is 4.99. The van der Waals surface area contributed by atoms with Crippen LogP contribution in [0.2, 0.25) is 0 Å². The van der Waals surface area contributed by atoms with Crippen LogP contribution in [0.5, 0.6) is 0 Å². The van der Waals surface area contributed by atoms with E-state index >= 15 is 0 Å². The Kier molecular flexibility index (Phi) is 3.44. The SMILES string of the molecule is OCCCC1CCCS1. The van der Waals surface area contributed by atoms with Crippen LogP contribution in [0, 0.1) is 0 Å². The highest BCUT2D eigenvalue weighted by Gasteiger charge is 2.13. The normalized spacial score (nSPS) is 27.0. The Morgan fingerprint density at radius 1 is 1.56 bits per heavy atom. The first-order valence-electron chi connectivity index (χ1n) is 3.66. The van der Waals surface area contributed by atoms with Crippen LogP contribution in [0.1, 0.15) is 25.7 Å². The minimum Gasteiger partial charge on any atom is -0.396 e. The van der Waals surface area contributed by atoms with Crippen molar-refractivity contribution in [1.82, 2.24) is 0 Å². The summed E-state index contributed by atoms with van der Waals surface area (Å²) >= 11 is 2.07. The third kappa shape index (κ3) is 2.59. The van der Waals surface area contributed by atoms with Gasteiger partial charge < -0.3 is 5.11 Å². The molecule has 2 heteroatoms. The van der Waals surface area contributed by atoms with Crippen molar-refractivity contribution in [2.75, 3.05) is 12.4 Å². The summed E-state index contributed by atoms with van der Waals surface area (Å²) in [5.41, 5.74) is 0. The highest BCUT2D eigenvalue weighted by Crippen LogP contribution is 2.29. The smallest absolute Gasteiger partial charge is 0.0431 e. The predicted molar refractivity (Wildman–Crippen MR) is 41.8 cm³/mol. The fourth-order valence-corrected chi connectivity index (χ4v) is 2.52. The second kappa shape index (κ2) is 4.18. The third-order valence-corrected chi connectivity index (χ3v) is 3.18. The highest BCUT2D eigenvalue weighted by molar-refractivity contribution is 8.00. The zero-order chi connectivity index (χ0) is 6.53. The molecule has 1 fully saturated rings. The number of rotatable bonds is 3. The highest BCUT2D eigenvalue weighted by atomic mass is 32.2. The lowest BCUT2D eigenvalue weighted by Crippen LogP contribution is -1.97. The standard InChI is InChI=1S/C7H14OS/c8-5-1-3-7-4-2-6-9-7/h7-8H,1-6H2. The van der Waals surface area contributed by atoms with E-state index < -0.39 is 0 Å². The van der Waals surface area contributed by atoms with Gasteiger partial charge in [-0.25, -0.2) is 0 Å². The molecule has 1 N–H and O–H groups in total. The third-order valence-electron chi connectivity index (χ3n) is 1.71. The molecule has 0 bridgehead atoms. The van der Waals surface area contributed by atoms with Crippen molar-refractivity contribution in [3.8, 4) is 0 Å². The van der Waals surface area contributed by atoms with Crippen LogP contribution in [0.15, 0.2) is 0 Å². The lowest BCUT2D eigenvalue weighted by molar-refractivity contribution is 0.284. The molecule has 1 nitrogen and oxygen atoms in total. The van der Waals surface area contributed by atoms with Gasteiger partial charge in [0.2, 0.25) is 0 Å². The molecule has 1 heterocycles. The summed E-state index contributed by atoms with van der Waals surface area (Å²) in [5.74, 6) is 1.34. The molecular weight excluding hydrogens is 132 g/mol. The molecule has 9 heavy (non-hydrogen) atoms. The Labute approximate surface area is 60.8 Å². The van der Waals surface area contributed by atoms with E-state index in [1.807, 2.05) is 0 Å². The summed E-state index contributed by atoms with van der Waals surface area (Å²) in [5, 5.41) is 9.39. The molecule has 54 valence electrons. The van der Waals surface area contributed by atoms with Crippen LogP contribution in [0.3, 0.4) is 0 Å². The number of hydrogen-bond acceptors (Lipinski definition) is 2. The van der Waals surface area contributed by atoms with E-state index in [-0.39, 0.29) is 0 Å². The van der Waals surface area contributed by atoms with Gasteiger partial charge in [-0.2, -0.15) is 11.8 Å². The molecular formula is C7H14OS. The molecule has 1 atom stereocenters. The van der Waals surface area contributed by atoms with Crippen molar-refractivity contribution in [3.63, 3.8) is 0 Å². The minimum absolute atomic E-state index is 0.372. The fourth-order valence-electron chi connectivity index (χ4n) is 1.19. The predicted octanol–water partition coefficient (Wildman–Crippen LogP) is 1.65. The van der Waals surface area contributed by atoms with Crippen molar-refractivity contribution in [3.05, 3.63) is 0 Å². The first kappa shape index (κ1) is 7.42. The molecule has 1 aliphatic rings. The maximum atomic E-state index is 8.52. The van der Waals surface area contributed by atoms with Crippen LogP contribution in [0.4, 0.5) is 0 Å². The van der Waals surface area contributed by atoms with Gasteiger partial charge in [-0.3, -0.25) is 0 Å². The molecule has 0 aromatic carbocycles. The van der Waals surface area contributed by atoms with Crippen LogP contribution in [-0.4, -0.2) is 22.7 Å². The van der Waals surface area contributed by atoms with Crippen molar-refractivity contribution in [2.45, 2.75) is 30.9 Å². The topological polar surface area (TPSA) is 20.2 Å². The van der Waals surface area contributed by atoms with Gasteiger partial charge in [-0.15, -0.1) is 0 Å². The summed E-state index contributed by atoms with van der Waals surface area (Å²) in [4.78, 5) is 0. The molecule has 0 radical (unpaired) electrons. The van der Waals surface area contributed by atoms with Gasteiger partial charge in [0.05, 0.1) is 0 Å². The van der Waals surface area contributed by atoms with E-state index in [2.05, 4.69) is 11.8 Å². The molecule has 0 aromatic heterocycles. The number of aliphatic hydroxyl groups is 1. The molecule has 0 aromatic rings. The Balaban J connectivity index is 1.98. The second-order valence-electron chi connectivity index (χ2n) is 2.50. The molecule has 1 unspecified atom stereocenters. The van der Waals surface area contributed by atoms with Crippen LogP contribution >= 0.6 is 11.8 Å². The summed E-state index contributed by atoms with van der Waals surface area (Å²) < 4.78 is 0. The van der Waals surface area contributed by atoms with Gasteiger partial charge in [-0.1, -0.05) is 0 Å². The van der Waals surface area contributed by atoms with Crippen molar-refractivity contribution < 1.29 is 5.11 Å². The average molecular weight is 146 g/mol. The van der Waals surface area contributed by atoms with Crippen molar-refractivity contribution in [2.24, 2.45) is 0 Å². The molecule has 1 rings (SSSR count). The van der Waals surface area contributed by atoms with E-state index in [0.717, 1.165) is 11.7 Å². The molecule has 0 amide bonds. The largest absolute Gasteiger partial charge is 0.396 e. The Hall–Kier alpha value is 0.310. The summed E-state index contributed by atoms with van der Waals surface area (Å²) in [6.45, 7) is 0.372. The van der Waals surface area contributed by atoms with Crippen LogP contribution in [-0.2, 0) is 0 Å². The van der Waals surface area contributed by atoms with E-state index in [0.29, 0.717) is 6.61 Å². The number of thioether (sulfide) groups is 1. The number of aliphatic hydroxyl groups excluding tert-OH is 1. The Morgan fingerprint density at radius 2 is 2.44 bits per heavy atom. The summed E-state index contributed by atoms with van der Waals surface area (Å²) in [6, 6.07) is 0. The monoisotopic (exact) mass is 146 g/mol. The van der Waals surface area contributed by atoms with Crippen molar-refractivity contribution in [1.29, 1.82) is 0 Å².